The molecule has 2 aliphatic heterocycles. The third kappa shape index (κ3) is 4.60. The molecule has 2 aliphatic rings. The summed E-state index contributed by atoms with van der Waals surface area (Å²) in [6.07, 6.45) is 0.547. The van der Waals surface area contributed by atoms with Gasteiger partial charge in [-0.15, -0.1) is 0 Å². The largest absolute Gasteiger partial charge is 0.486 e. The number of rotatable bonds is 7. The third-order valence-corrected chi connectivity index (χ3v) is 5.70. The number of piperidine rings is 1. The summed E-state index contributed by atoms with van der Waals surface area (Å²) in [6, 6.07) is 15.4. The van der Waals surface area contributed by atoms with Crippen LogP contribution in [0.2, 0.25) is 0 Å². The molecule has 0 aromatic heterocycles. The molecule has 2 heterocycles. The van der Waals surface area contributed by atoms with Gasteiger partial charge in [-0.25, -0.2) is 0 Å². The van der Waals surface area contributed by atoms with E-state index in [2.05, 4.69) is 0 Å². The van der Waals surface area contributed by atoms with Gasteiger partial charge in [-0.1, -0.05) is 36.4 Å². The third-order valence-electron chi connectivity index (χ3n) is 5.70. The second kappa shape index (κ2) is 9.49. The van der Waals surface area contributed by atoms with Gasteiger partial charge in [0.1, 0.15) is 6.61 Å². The first kappa shape index (κ1) is 20.7. The van der Waals surface area contributed by atoms with Gasteiger partial charge in [-0.2, -0.15) is 0 Å². The maximum absolute atomic E-state index is 13.1. The summed E-state index contributed by atoms with van der Waals surface area (Å²) in [7, 11) is 0. The molecule has 2 aromatic rings. The van der Waals surface area contributed by atoms with E-state index in [1.54, 1.807) is 12.1 Å². The molecule has 30 heavy (non-hydrogen) atoms. The zero-order valence-corrected chi connectivity index (χ0v) is 17.3. The summed E-state index contributed by atoms with van der Waals surface area (Å²) < 4.78 is 17.1. The second-order valence-corrected chi connectivity index (χ2v) is 7.86. The van der Waals surface area contributed by atoms with Crippen molar-refractivity contribution in [1.29, 1.82) is 0 Å². The van der Waals surface area contributed by atoms with Crippen LogP contribution in [-0.2, 0) is 16.1 Å². The van der Waals surface area contributed by atoms with Gasteiger partial charge in [0.2, 0.25) is 5.91 Å². The Morgan fingerprint density at radius 2 is 2.03 bits per heavy atom. The highest BCUT2D eigenvalue weighted by atomic mass is 16.6. The molecular formula is C24H29NO5. The van der Waals surface area contributed by atoms with Gasteiger partial charge in [0.05, 0.1) is 18.6 Å². The second-order valence-electron chi connectivity index (χ2n) is 7.86. The maximum atomic E-state index is 13.1. The number of ether oxygens (including phenoxy) is 3. The fourth-order valence-corrected chi connectivity index (χ4v) is 4.10. The van der Waals surface area contributed by atoms with Crippen molar-refractivity contribution in [1.82, 2.24) is 4.90 Å². The van der Waals surface area contributed by atoms with Crippen molar-refractivity contribution in [3.05, 3.63) is 59.7 Å². The van der Waals surface area contributed by atoms with Crippen LogP contribution >= 0.6 is 0 Å². The van der Waals surface area contributed by atoms with Crippen LogP contribution in [0, 0.1) is 5.92 Å². The fourth-order valence-electron chi connectivity index (χ4n) is 4.10. The Kier molecular flexibility index (Phi) is 6.55. The number of carbonyl (C=O) groups excluding carboxylic acids is 1. The molecule has 2 aromatic carbocycles. The van der Waals surface area contributed by atoms with Gasteiger partial charge in [-0.3, -0.25) is 4.79 Å². The molecular weight excluding hydrogens is 382 g/mol. The standard InChI is InChI=1S/C24H29NO5/c1-2-28-15-19-16-29-22-13-18(10-11-21(22)30-19)23(26)20-9-6-12-25(24(20)27)14-17-7-4-3-5-8-17/h3-5,7-8,10-11,13,19-20,23,26H,2,6,9,12,14-16H2,1H3. The Hall–Kier alpha value is -2.57. The molecule has 0 aliphatic carbocycles. The predicted octanol–water partition coefficient (Wildman–Crippen LogP) is 3.34. The minimum absolute atomic E-state index is 0.00395. The minimum atomic E-state index is -0.869. The molecule has 1 N–H and O–H groups in total. The number of aliphatic hydroxyl groups excluding tert-OH is 1. The van der Waals surface area contributed by atoms with E-state index in [-0.39, 0.29) is 12.0 Å². The van der Waals surface area contributed by atoms with Crippen LogP contribution in [0.5, 0.6) is 11.5 Å². The molecule has 1 amide bonds. The molecule has 0 saturated carbocycles. The first-order chi connectivity index (χ1) is 14.7. The lowest BCUT2D eigenvalue weighted by atomic mass is 9.87. The molecule has 3 atom stereocenters. The van der Waals surface area contributed by atoms with Crippen LogP contribution in [0.15, 0.2) is 48.5 Å². The summed E-state index contributed by atoms with van der Waals surface area (Å²) in [5.41, 5.74) is 1.78. The van der Waals surface area contributed by atoms with Gasteiger partial charge >= 0.3 is 0 Å². The van der Waals surface area contributed by atoms with Gasteiger partial charge < -0.3 is 24.2 Å². The van der Waals surface area contributed by atoms with E-state index >= 15 is 0 Å². The Balaban J connectivity index is 1.43. The Bertz CT molecular complexity index is 856. The monoisotopic (exact) mass is 411 g/mol. The molecule has 1 fully saturated rings. The molecule has 1 saturated heterocycles. The molecule has 0 radical (unpaired) electrons. The van der Waals surface area contributed by atoms with E-state index in [1.165, 1.54) is 0 Å². The Labute approximate surface area is 177 Å². The lowest BCUT2D eigenvalue weighted by Gasteiger charge is -2.35. The van der Waals surface area contributed by atoms with Crippen LogP contribution in [0.4, 0.5) is 0 Å². The van der Waals surface area contributed by atoms with E-state index in [0.29, 0.717) is 49.8 Å². The first-order valence-corrected chi connectivity index (χ1v) is 10.7. The van der Waals surface area contributed by atoms with Crippen LogP contribution in [-0.4, -0.2) is 48.4 Å². The van der Waals surface area contributed by atoms with Crippen LogP contribution in [0.3, 0.4) is 0 Å². The highest BCUT2D eigenvalue weighted by Gasteiger charge is 2.35. The lowest BCUT2D eigenvalue weighted by Crippen LogP contribution is -2.42. The van der Waals surface area contributed by atoms with Crippen molar-refractivity contribution >= 4 is 5.91 Å². The number of nitrogens with zero attached hydrogens (tertiary/aromatic N) is 1. The van der Waals surface area contributed by atoms with Crippen LogP contribution < -0.4 is 9.47 Å². The minimum Gasteiger partial charge on any atom is -0.486 e. The topological polar surface area (TPSA) is 68.2 Å². The van der Waals surface area contributed by atoms with E-state index < -0.39 is 12.0 Å². The van der Waals surface area contributed by atoms with Crippen molar-refractivity contribution in [2.75, 3.05) is 26.4 Å². The molecule has 0 bridgehead atoms. The maximum Gasteiger partial charge on any atom is 0.228 e. The van der Waals surface area contributed by atoms with E-state index in [0.717, 1.165) is 18.5 Å². The number of hydrogen-bond acceptors (Lipinski definition) is 5. The SMILES string of the molecule is CCOCC1COc2cc(C(O)C3CCCN(Cc4ccccc4)C3=O)ccc2O1. The number of likely N-dealkylation sites (tertiary alicyclic amines) is 1. The summed E-state index contributed by atoms with van der Waals surface area (Å²) >= 11 is 0. The average Bonchev–Trinajstić information content (AvgIpc) is 2.79. The van der Waals surface area contributed by atoms with Gasteiger partial charge in [0.15, 0.2) is 17.6 Å². The molecule has 4 rings (SSSR count). The van der Waals surface area contributed by atoms with Gasteiger partial charge in [0.25, 0.3) is 0 Å². The summed E-state index contributed by atoms with van der Waals surface area (Å²) in [4.78, 5) is 14.9. The molecule has 6 heteroatoms. The van der Waals surface area contributed by atoms with Crippen molar-refractivity contribution < 1.29 is 24.1 Å². The number of aliphatic hydroxyl groups is 1. The zero-order valence-electron chi connectivity index (χ0n) is 17.3. The highest BCUT2D eigenvalue weighted by Crippen LogP contribution is 2.38. The normalized spacial score (nSPS) is 22.1. The van der Waals surface area contributed by atoms with Crippen LogP contribution in [0.25, 0.3) is 0 Å². The van der Waals surface area contributed by atoms with Crippen LogP contribution in [0.1, 0.15) is 37.0 Å². The molecule has 0 spiro atoms. The molecule has 160 valence electrons. The van der Waals surface area contributed by atoms with Crippen molar-refractivity contribution in [3.8, 4) is 11.5 Å². The fraction of sp³-hybridized carbons (Fsp3) is 0.458. The van der Waals surface area contributed by atoms with E-state index in [9.17, 15) is 9.90 Å². The quantitative estimate of drug-likeness (QED) is 0.757. The molecule has 6 nitrogen and oxygen atoms in total. The average molecular weight is 411 g/mol. The predicted molar refractivity (Wildman–Crippen MR) is 112 cm³/mol. The highest BCUT2D eigenvalue weighted by molar-refractivity contribution is 5.80. The number of hydrogen-bond donors (Lipinski definition) is 1. The summed E-state index contributed by atoms with van der Waals surface area (Å²) in [5, 5.41) is 11.0. The van der Waals surface area contributed by atoms with Gasteiger partial charge in [0, 0.05) is 19.7 Å². The summed E-state index contributed by atoms with van der Waals surface area (Å²) in [6.45, 7) is 4.76. The summed E-state index contributed by atoms with van der Waals surface area (Å²) in [5.74, 6) is 0.797. The van der Waals surface area contributed by atoms with Crippen molar-refractivity contribution in [2.24, 2.45) is 5.92 Å². The number of fused-ring (bicyclic) bond motifs is 1. The van der Waals surface area contributed by atoms with Crippen molar-refractivity contribution in [3.63, 3.8) is 0 Å². The van der Waals surface area contributed by atoms with E-state index in [4.69, 9.17) is 14.2 Å². The number of amides is 1. The number of carbonyl (C=O) groups is 1. The molecule has 3 unspecified atom stereocenters. The Morgan fingerprint density at radius 1 is 1.20 bits per heavy atom. The lowest BCUT2D eigenvalue weighted by molar-refractivity contribution is -0.143. The number of benzene rings is 2. The van der Waals surface area contributed by atoms with Gasteiger partial charge in [-0.05, 0) is 43.0 Å². The smallest absolute Gasteiger partial charge is 0.228 e. The van der Waals surface area contributed by atoms with Crippen molar-refractivity contribution in [2.45, 2.75) is 38.5 Å². The Morgan fingerprint density at radius 3 is 2.83 bits per heavy atom. The van der Waals surface area contributed by atoms with E-state index in [1.807, 2.05) is 48.2 Å². The first-order valence-electron chi connectivity index (χ1n) is 10.7. The zero-order chi connectivity index (χ0) is 20.9.